The van der Waals surface area contributed by atoms with E-state index < -0.39 is 0 Å². The molecule has 1 aliphatic rings. The van der Waals surface area contributed by atoms with E-state index in [0.717, 1.165) is 32.4 Å². The Morgan fingerprint density at radius 2 is 2.20 bits per heavy atom. The molecular weight excluding hydrogens is 194 g/mol. The van der Waals surface area contributed by atoms with E-state index in [0.29, 0.717) is 0 Å². The lowest BCUT2D eigenvalue weighted by atomic mass is 10.2. The van der Waals surface area contributed by atoms with Gasteiger partial charge in [-0.05, 0) is 26.4 Å². The van der Waals surface area contributed by atoms with Gasteiger partial charge in [-0.1, -0.05) is 18.5 Å². The lowest BCUT2D eigenvalue weighted by Gasteiger charge is -2.21. The first-order valence-electron chi connectivity index (χ1n) is 5.57. The van der Waals surface area contributed by atoms with Gasteiger partial charge in [-0.25, -0.2) is 0 Å². The largest absolute Gasteiger partial charge is 0.395 e. The van der Waals surface area contributed by atoms with Gasteiger partial charge in [0.25, 0.3) is 0 Å². The lowest BCUT2D eigenvalue weighted by molar-refractivity contribution is 0.157. The Bertz CT molecular complexity index is 167. The average molecular weight is 217 g/mol. The molecule has 2 atom stereocenters. The molecule has 1 fully saturated rings. The number of likely N-dealkylation sites (tertiary alicyclic amines) is 1. The fraction of sp³-hybridized carbons (Fsp3) is 1.00. The monoisotopic (exact) mass is 217 g/mol. The standard InChI is InChI=1S/C9H18N2O2.CH5N/c1-2-3-4-11-6-8(10-13)5-9(11)7-12;1-2/h8-9,12H,2-7H2,1H3;2H2,1H3. The fourth-order valence-corrected chi connectivity index (χ4v) is 1.86. The van der Waals surface area contributed by atoms with E-state index in [1.807, 2.05) is 0 Å². The maximum atomic E-state index is 10.3. The van der Waals surface area contributed by atoms with Crippen LogP contribution in [0, 0.1) is 4.91 Å². The normalized spacial score (nSPS) is 25.9. The van der Waals surface area contributed by atoms with Crippen LogP contribution in [-0.4, -0.2) is 48.8 Å². The molecule has 90 valence electrons. The van der Waals surface area contributed by atoms with Gasteiger partial charge in [0.05, 0.1) is 6.61 Å². The van der Waals surface area contributed by atoms with Crippen LogP contribution in [-0.2, 0) is 0 Å². The fourth-order valence-electron chi connectivity index (χ4n) is 1.86. The second-order valence-corrected chi connectivity index (χ2v) is 3.68. The first-order chi connectivity index (χ1) is 7.31. The second-order valence-electron chi connectivity index (χ2n) is 3.68. The summed E-state index contributed by atoms with van der Waals surface area (Å²) in [5, 5.41) is 12.1. The van der Waals surface area contributed by atoms with Crippen LogP contribution in [0.4, 0.5) is 0 Å². The van der Waals surface area contributed by atoms with Crippen LogP contribution in [0.5, 0.6) is 0 Å². The van der Waals surface area contributed by atoms with E-state index in [9.17, 15) is 4.91 Å². The quantitative estimate of drug-likeness (QED) is 0.660. The van der Waals surface area contributed by atoms with Crippen molar-refractivity contribution >= 4 is 0 Å². The Labute approximate surface area is 91.6 Å². The molecule has 15 heavy (non-hydrogen) atoms. The molecule has 0 aromatic heterocycles. The molecule has 1 heterocycles. The number of hydrogen-bond donors (Lipinski definition) is 2. The maximum Gasteiger partial charge on any atom is 0.106 e. The van der Waals surface area contributed by atoms with E-state index in [2.05, 4.69) is 22.7 Å². The van der Waals surface area contributed by atoms with Crippen LogP contribution in [0.25, 0.3) is 0 Å². The van der Waals surface area contributed by atoms with Gasteiger partial charge in [-0.2, -0.15) is 4.91 Å². The number of hydrogen-bond acceptors (Lipinski definition) is 5. The van der Waals surface area contributed by atoms with E-state index in [1.54, 1.807) is 0 Å². The van der Waals surface area contributed by atoms with Gasteiger partial charge in [0.15, 0.2) is 0 Å². The minimum absolute atomic E-state index is 0.103. The highest BCUT2D eigenvalue weighted by molar-refractivity contribution is 4.88. The highest BCUT2D eigenvalue weighted by atomic mass is 16.3. The van der Waals surface area contributed by atoms with Crippen molar-refractivity contribution in [3.05, 3.63) is 4.91 Å². The van der Waals surface area contributed by atoms with Gasteiger partial charge >= 0.3 is 0 Å². The van der Waals surface area contributed by atoms with Gasteiger partial charge in [0, 0.05) is 12.6 Å². The summed E-state index contributed by atoms with van der Waals surface area (Å²) in [4.78, 5) is 12.5. The van der Waals surface area contributed by atoms with E-state index >= 15 is 0 Å². The van der Waals surface area contributed by atoms with Crippen LogP contribution in [0.15, 0.2) is 5.18 Å². The molecule has 5 nitrogen and oxygen atoms in total. The van der Waals surface area contributed by atoms with Gasteiger partial charge in [-0.3, -0.25) is 4.90 Å². The number of unbranched alkanes of at least 4 members (excludes halogenated alkanes) is 1. The number of nitrogens with zero attached hydrogens (tertiary/aromatic N) is 2. The number of nitrogens with two attached hydrogens (primary N) is 1. The summed E-state index contributed by atoms with van der Waals surface area (Å²) in [5.74, 6) is 0. The Morgan fingerprint density at radius 3 is 2.67 bits per heavy atom. The van der Waals surface area contributed by atoms with Crippen molar-refractivity contribution in [1.29, 1.82) is 0 Å². The van der Waals surface area contributed by atoms with Crippen LogP contribution >= 0.6 is 0 Å². The summed E-state index contributed by atoms with van der Waals surface area (Å²) >= 11 is 0. The highest BCUT2D eigenvalue weighted by Gasteiger charge is 2.31. The molecule has 0 spiro atoms. The average Bonchev–Trinajstić information content (AvgIpc) is 2.71. The number of aliphatic hydroxyl groups is 1. The van der Waals surface area contributed by atoms with Gasteiger partial charge in [-0.15, -0.1) is 0 Å². The summed E-state index contributed by atoms with van der Waals surface area (Å²) in [5.41, 5.74) is 4.50. The molecule has 0 aromatic carbocycles. The first-order valence-corrected chi connectivity index (χ1v) is 5.57. The van der Waals surface area contributed by atoms with Crippen molar-refractivity contribution < 1.29 is 5.11 Å². The SMILES string of the molecule is CCCCN1CC(N=O)CC1CO.CN. The Morgan fingerprint density at radius 1 is 1.53 bits per heavy atom. The second kappa shape index (κ2) is 8.76. The molecule has 0 bridgehead atoms. The third-order valence-corrected chi connectivity index (χ3v) is 2.66. The molecule has 2 unspecified atom stereocenters. The van der Waals surface area contributed by atoms with Crippen molar-refractivity contribution in [2.75, 3.05) is 26.7 Å². The zero-order chi connectivity index (χ0) is 11.7. The summed E-state index contributed by atoms with van der Waals surface area (Å²) in [6, 6.07) is 0.0586. The highest BCUT2D eigenvalue weighted by Crippen LogP contribution is 2.20. The van der Waals surface area contributed by atoms with Crippen molar-refractivity contribution in [2.24, 2.45) is 10.9 Å². The molecule has 0 radical (unpaired) electrons. The molecule has 0 saturated carbocycles. The van der Waals surface area contributed by atoms with Crippen molar-refractivity contribution in [2.45, 2.75) is 38.3 Å². The number of rotatable bonds is 5. The van der Waals surface area contributed by atoms with Crippen LogP contribution in [0.3, 0.4) is 0 Å². The summed E-state index contributed by atoms with van der Waals surface area (Å²) in [7, 11) is 1.50. The van der Waals surface area contributed by atoms with Crippen molar-refractivity contribution in [3.63, 3.8) is 0 Å². The number of aliphatic hydroxyl groups excluding tert-OH is 1. The number of nitroso groups, excluding NO2 is 1. The molecule has 0 aromatic rings. The summed E-state index contributed by atoms with van der Waals surface area (Å²) in [6.45, 7) is 4.00. The van der Waals surface area contributed by atoms with E-state index in [1.165, 1.54) is 7.05 Å². The van der Waals surface area contributed by atoms with Crippen molar-refractivity contribution in [3.8, 4) is 0 Å². The van der Waals surface area contributed by atoms with Crippen molar-refractivity contribution in [1.82, 2.24) is 4.90 Å². The van der Waals surface area contributed by atoms with Gasteiger partial charge in [0.2, 0.25) is 0 Å². The van der Waals surface area contributed by atoms with Crippen LogP contribution in [0.1, 0.15) is 26.2 Å². The summed E-state index contributed by atoms with van der Waals surface area (Å²) in [6.07, 6.45) is 3.00. The molecule has 1 rings (SSSR count). The zero-order valence-electron chi connectivity index (χ0n) is 9.72. The third-order valence-electron chi connectivity index (χ3n) is 2.66. The zero-order valence-corrected chi connectivity index (χ0v) is 9.72. The first kappa shape index (κ1) is 14.5. The van der Waals surface area contributed by atoms with Gasteiger partial charge in [0.1, 0.15) is 6.04 Å². The molecule has 0 amide bonds. The molecule has 0 aliphatic carbocycles. The van der Waals surface area contributed by atoms with Crippen LogP contribution < -0.4 is 5.73 Å². The lowest BCUT2D eigenvalue weighted by Crippen LogP contribution is -2.33. The summed E-state index contributed by atoms with van der Waals surface area (Å²) < 4.78 is 0. The van der Waals surface area contributed by atoms with Gasteiger partial charge < -0.3 is 10.8 Å². The molecule has 5 heteroatoms. The third kappa shape index (κ3) is 4.68. The molecule has 1 saturated heterocycles. The minimum atomic E-state index is -0.103. The predicted molar refractivity (Wildman–Crippen MR) is 61.7 cm³/mol. The van der Waals surface area contributed by atoms with E-state index in [-0.39, 0.29) is 18.7 Å². The minimum Gasteiger partial charge on any atom is -0.395 e. The van der Waals surface area contributed by atoms with E-state index in [4.69, 9.17) is 5.11 Å². The Hall–Kier alpha value is -0.520. The molecule has 1 aliphatic heterocycles. The Kier molecular flexibility index (Phi) is 8.46. The molecule has 3 N–H and O–H groups in total. The smallest absolute Gasteiger partial charge is 0.106 e. The Balaban J connectivity index is 0.000000921. The van der Waals surface area contributed by atoms with Crippen LogP contribution in [0.2, 0.25) is 0 Å². The maximum absolute atomic E-state index is 10.3. The molecular formula is C10H23N3O2. The topological polar surface area (TPSA) is 78.9 Å². The predicted octanol–water partition coefficient (Wildman–Crippen LogP) is 0.563.